The third kappa shape index (κ3) is 4.33. The number of nitrogens with two attached hydrogens (primary N) is 1. The van der Waals surface area contributed by atoms with Gasteiger partial charge in [0.1, 0.15) is 0 Å². The van der Waals surface area contributed by atoms with Crippen molar-refractivity contribution < 1.29 is 9.72 Å². The highest BCUT2D eigenvalue weighted by Crippen LogP contribution is 2.26. The number of carbonyl (C=O) groups is 1. The number of rotatable bonds is 5. The first-order chi connectivity index (χ1) is 8.81. The van der Waals surface area contributed by atoms with E-state index in [-0.39, 0.29) is 17.6 Å². The number of hydrogen-bond acceptors (Lipinski definition) is 4. The molecule has 0 aromatic heterocycles. The van der Waals surface area contributed by atoms with Crippen LogP contribution in [0.5, 0.6) is 0 Å². The molecule has 0 aliphatic rings. The Morgan fingerprint density at radius 3 is 2.58 bits per heavy atom. The summed E-state index contributed by atoms with van der Waals surface area (Å²) >= 11 is 0. The van der Waals surface area contributed by atoms with E-state index >= 15 is 0 Å². The smallest absolute Gasteiger partial charge is 0.272 e. The molecule has 6 nitrogen and oxygen atoms in total. The Hall–Kier alpha value is -1.95. The molecule has 104 valence electrons. The summed E-state index contributed by atoms with van der Waals surface area (Å²) in [5, 5.41) is 13.5. The van der Waals surface area contributed by atoms with Gasteiger partial charge in [0, 0.05) is 29.8 Å². The fourth-order valence-electron chi connectivity index (χ4n) is 1.70. The number of amides is 1. The highest BCUT2D eigenvalue weighted by atomic mass is 16.6. The van der Waals surface area contributed by atoms with E-state index in [1.807, 2.05) is 6.92 Å². The summed E-state index contributed by atoms with van der Waals surface area (Å²) in [6.45, 7) is 5.22. The Morgan fingerprint density at radius 2 is 2.05 bits per heavy atom. The predicted octanol–water partition coefficient (Wildman–Crippen LogP) is 2.28. The standard InChI is InChI=1S/C13H19N3O3/c1-8-7-12(16(18)19)9(2)6-11(8)15-13(17)5-4-10(3)14/h6-7,10H,4-5,14H2,1-3H3,(H,15,17). The van der Waals surface area contributed by atoms with Gasteiger partial charge in [-0.05, 0) is 38.8 Å². The van der Waals surface area contributed by atoms with Crippen molar-refractivity contribution in [3.8, 4) is 0 Å². The normalized spacial score (nSPS) is 12.0. The SMILES string of the molecule is Cc1cc([N+](=O)[O-])c(C)cc1NC(=O)CCC(C)N. The minimum atomic E-state index is -0.427. The molecule has 0 saturated carbocycles. The third-order valence-electron chi connectivity index (χ3n) is 2.84. The van der Waals surface area contributed by atoms with Crippen LogP contribution >= 0.6 is 0 Å². The van der Waals surface area contributed by atoms with Gasteiger partial charge in [-0.3, -0.25) is 14.9 Å². The molecule has 1 aromatic carbocycles. The zero-order valence-electron chi connectivity index (χ0n) is 11.4. The van der Waals surface area contributed by atoms with Crippen LogP contribution < -0.4 is 11.1 Å². The van der Waals surface area contributed by atoms with E-state index in [1.165, 1.54) is 6.07 Å². The summed E-state index contributed by atoms with van der Waals surface area (Å²) in [5.41, 5.74) is 7.46. The number of nitrogens with zero attached hydrogens (tertiary/aromatic N) is 1. The molecule has 0 heterocycles. The van der Waals surface area contributed by atoms with E-state index in [1.54, 1.807) is 19.9 Å². The molecule has 1 aromatic rings. The fraction of sp³-hybridized carbons (Fsp3) is 0.462. The van der Waals surface area contributed by atoms with Crippen LogP contribution in [0.1, 0.15) is 30.9 Å². The number of carbonyl (C=O) groups excluding carboxylic acids is 1. The topological polar surface area (TPSA) is 98.3 Å². The predicted molar refractivity (Wildman–Crippen MR) is 74.1 cm³/mol. The molecule has 19 heavy (non-hydrogen) atoms. The van der Waals surface area contributed by atoms with Crippen molar-refractivity contribution in [1.82, 2.24) is 0 Å². The second-order valence-electron chi connectivity index (χ2n) is 4.77. The summed E-state index contributed by atoms with van der Waals surface area (Å²) in [5.74, 6) is -0.131. The number of anilines is 1. The molecule has 1 atom stereocenters. The quantitative estimate of drug-likeness (QED) is 0.630. The number of nitrogens with one attached hydrogen (secondary N) is 1. The molecule has 3 N–H and O–H groups in total. The van der Waals surface area contributed by atoms with E-state index in [0.717, 1.165) is 0 Å². The minimum absolute atomic E-state index is 0.0227. The van der Waals surface area contributed by atoms with Gasteiger partial charge in [-0.1, -0.05) is 0 Å². The second-order valence-corrected chi connectivity index (χ2v) is 4.77. The maximum absolute atomic E-state index is 11.7. The fourth-order valence-corrected chi connectivity index (χ4v) is 1.70. The molecule has 1 rings (SSSR count). The zero-order chi connectivity index (χ0) is 14.6. The maximum Gasteiger partial charge on any atom is 0.272 e. The van der Waals surface area contributed by atoms with Gasteiger partial charge in [-0.15, -0.1) is 0 Å². The lowest BCUT2D eigenvalue weighted by molar-refractivity contribution is -0.385. The molecular formula is C13H19N3O3. The van der Waals surface area contributed by atoms with E-state index < -0.39 is 4.92 Å². The minimum Gasteiger partial charge on any atom is -0.328 e. The molecule has 0 bridgehead atoms. The van der Waals surface area contributed by atoms with Gasteiger partial charge in [0.05, 0.1) is 4.92 Å². The lowest BCUT2D eigenvalue weighted by atomic mass is 10.1. The number of hydrogen-bond donors (Lipinski definition) is 2. The van der Waals surface area contributed by atoms with Gasteiger partial charge in [-0.2, -0.15) is 0 Å². The maximum atomic E-state index is 11.7. The average Bonchev–Trinajstić information content (AvgIpc) is 2.30. The zero-order valence-corrected chi connectivity index (χ0v) is 11.4. The summed E-state index contributed by atoms with van der Waals surface area (Å²) in [6, 6.07) is 3.07. The Bertz CT molecular complexity index is 498. The van der Waals surface area contributed by atoms with Crippen LogP contribution in [0, 0.1) is 24.0 Å². The first kappa shape index (κ1) is 15.1. The van der Waals surface area contributed by atoms with Crippen LogP contribution in [0.4, 0.5) is 11.4 Å². The molecule has 0 radical (unpaired) electrons. The Kier molecular flexibility index (Phi) is 5.00. The second kappa shape index (κ2) is 6.29. The largest absolute Gasteiger partial charge is 0.328 e. The van der Waals surface area contributed by atoms with Crippen LogP contribution in [0.3, 0.4) is 0 Å². The average molecular weight is 265 g/mol. The molecule has 0 aliphatic carbocycles. The lowest BCUT2D eigenvalue weighted by Crippen LogP contribution is -2.19. The summed E-state index contributed by atoms with van der Waals surface area (Å²) < 4.78 is 0. The third-order valence-corrected chi connectivity index (χ3v) is 2.84. The monoisotopic (exact) mass is 265 g/mol. The van der Waals surface area contributed by atoms with Crippen LogP contribution in [0.15, 0.2) is 12.1 Å². The van der Waals surface area contributed by atoms with Gasteiger partial charge >= 0.3 is 0 Å². The molecule has 0 aliphatic heterocycles. The van der Waals surface area contributed by atoms with Gasteiger partial charge < -0.3 is 11.1 Å². The molecule has 0 fully saturated rings. The Balaban J connectivity index is 2.82. The van der Waals surface area contributed by atoms with Crippen molar-refractivity contribution in [3.63, 3.8) is 0 Å². The highest BCUT2D eigenvalue weighted by molar-refractivity contribution is 5.91. The van der Waals surface area contributed by atoms with Crippen LogP contribution in [-0.4, -0.2) is 16.9 Å². The van der Waals surface area contributed by atoms with E-state index in [4.69, 9.17) is 5.73 Å². The molecule has 0 saturated heterocycles. The number of nitro benzene ring substituents is 1. The highest BCUT2D eigenvalue weighted by Gasteiger charge is 2.14. The summed E-state index contributed by atoms with van der Waals surface area (Å²) in [4.78, 5) is 22.1. The molecule has 1 unspecified atom stereocenters. The van der Waals surface area contributed by atoms with E-state index in [0.29, 0.717) is 29.7 Å². The Labute approximate surface area is 112 Å². The molecule has 0 spiro atoms. The van der Waals surface area contributed by atoms with Crippen LogP contribution in [0.25, 0.3) is 0 Å². The van der Waals surface area contributed by atoms with E-state index in [9.17, 15) is 14.9 Å². The van der Waals surface area contributed by atoms with Gasteiger partial charge in [0.2, 0.25) is 5.91 Å². The number of benzene rings is 1. The lowest BCUT2D eigenvalue weighted by Gasteiger charge is -2.10. The van der Waals surface area contributed by atoms with Gasteiger partial charge in [0.25, 0.3) is 5.69 Å². The van der Waals surface area contributed by atoms with Crippen molar-refractivity contribution in [2.75, 3.05) is 5.32 Å². The Morgan fingerprint density at radius 1 is 1.42 bits per heavy atom. The number of nitro groups is 1. The molecule has 6 heteroatoms. The van der Waals surface area contributed by atoms with Crippen molar-refractivity contribution in [2.45, 2.75) is 39.7 Å². The summed E-state index contributed by atoms with van der Waals surface area (Å²) in [7, 11) is 0. The van der Waals surface area contributed by atoms with Crippen molar-refractivity contribution in [3.05, 3.63) is 33.4 Å². The van der Waals surface area contributed by atoms with E-state index in [2.05, 4.69) is 5.32 Å². The van der Waals surface area contributed by atoms with Crippen molar-refractivity contribution in [2.24, 2.45) is 5.73 Å². The molecular weight excluding hydrogens is 246 g/mol. The van der Waals surface area contributed by atoms with Crippen LogP contribution in [0.2, 0.25) is 0 Å². The van der Waals surface area contributed by atoms with Crippen molar-refractivity contribution in [1.29, 1.82) is 0 Å². The van der Waals surface area contributed by atoms with Crippen LogP contribution in [-0.2, 0) is 4.79 Å². The summed E-state index contributed by atoms with van der Waals surface area (Å²) in [6.07, 6.45) is 0.948. The first-order valence-electron chi connectivity index (χ1n) is 6.12. The number of aryl methyl sites for hydroxylation is 2. The molecule has 1 amide bonds. The van der Waals surface area contributed by atoms with Gasteiger partial charge in [0.15, 0.2) is 0 Å². The van der Waals surface area contributed by atoms with Crippen molar-refractivity contribution >= 4 is 17.3 Å². The van der Waals surface area contributed by atoms with Gasteiger partial charge in [-0.25, -0.2) is 0 Å². The first-order valence-corrected chi connectivity index (χ1v) is 6.12.